The second-order valence-corrected chi connectivity index (χ2v) is 9.52. The average molecular weight is 419 g/mol. The van der Waals surface area contributed by atoms with Crippen LogP contribution in [0.25, 0.3) is 0 Å². The minimum Gasteiger partial charge on any atom is -0.355 e. The fraction of sp³-hybridized carbons (Fsp3) is 0.619. The highest BCUT2D eigenvalue weighted by atomic mass is 79.9. The number of rotatable bonds is 5. The fourth-order valence-corrected chi connectivity index (χ4v) is 6.19. The van der Waals surface area contributed by atoms with E-state index in [9.17, 15) is 9.59 Å². The zero-order chi connectivity index (χ0) is 18.3. The molecule has 4 fully saturated rings. The number of hydrogen-bond acceptors (Lipinski definition) is 2. The molecule has 0 spiro atoms. The molecule has 2 N–H and O–H groups in total. The minimum atomic E-state index is -0.133. The van der Waals surface area contributed by atoms with E-state index in [2.05, 4.69) is 26.6 Å². The molecule has 1 aromatic carbocycles. The average Bonchev–Trinajstić information content (AvgIpc) is 2.57. The van der Waals surface area contributed by atoms with Gasteiger partial charge < -0.3 is 10.6 Å². The molecular formula is C21H27BrN2O2. The van der Waals surface area contributed by atoms with E-state index in [1.807, 2.05) is 25.1 Å². The number of carbonyl (C=O) groups excluding carboxylic acids is 2. The number of nitrogens with one attached hydrogen (secondary N) is 2. The molecule has 26 heavy (non-hydrogen) atoms. The van der Waals surface area contributed by atoms with Gasteiger partial charge in [0.15, 0.2) is 0 Å². The summed E-state index contributed by atoms with van der Waals surface area (Å²) in [5.41, 5.74) is 1.70. The number of carbonyl (C=O) groups is 2. The van der Waals surface area contributed by atoms with E-state index < -0.39 is 0 Å². The minimum absolute atomic E-state index is 0.0583. The normalized spacial score (nSPS) is 31.7. The maximum absolute atomic E-state index is 12.9. The molecule has 0 aliphatic heterocycles. The highest BCUT2D eigenvalue weighted by Crippen LogP contribution is 2.60. The first kappa shape index (κ1) is 18.0. The second-order valence-electron chi connectivity index (χ2n) is 8.66. The zero-order valence-corrected chi connectivity index (χ0v) is 16.9. The quantitative estimate of drug-likeness (QED) is 0.743. The van der Waals surface area contributed by atoms with Crippen molar-refractivity contribution in [3.8, 4) is 0 Å². The molecule has 4 bridgehead atoms. The van der Waals surface area contributed by atoms with Crippen molar-refractivity contribution in [3.63, 3.8) is 0 Å². The summed E-state index contributed by atoms with van der Waals surface area (Å²) < 4.78 is 0.977. The number of hydrogen-bond donors (Lipinski definition) is 2. The summed E-state index contributed by atoms with van der Waals surface area (Å²) >= 11 is 3.48. The molecule has 4 aliphatic carbocycles. The number of halogens is 1. The van der Waals surface area contributed by atoms with Gasteiger partial charge in [-0.15, -0.1) is 0 Å². The van der Waals surface area contributed by atoms with Gasteiger partial charge in [0.05, 0.1) is 0 Å². The van der Waals surface area contributed by atoms with Crippen molar-refractivity contribution in [2.75, 3.05) is 11.9 Å². The molecule has 0 aromatic heterocycles. The van der Waals surface area contributed by atoms with Crippen molar-refractivity contribution in [1.82, 2.24) is 5.32 Å². The highest BCUT2D eigenvalue weighted by molar-refractivity contribution is 9.10. The van der Waals surface area contributed by atoms with Crippen molar-refractivity contribution in [2.45, 2.75) is 51.9 Å². The van der Waals surface area contributed by atoms with Gasteiger partial charge in [-0.3, -0.25) is 9.59 Å². The molecule has 140 valence electrons. The highest BCUT2D eigenvalue weighted by Gasteiger charge is 2.54. The number of amides is 2. The Balaban J connectivity index is 1.29. The predicted molar refractivity (Wildman–Crippen MR) is 106 cm³/mol. The first-order valence-electron chi connectivity index (χ1n) is 9.78. The Morgan fingerprint density at radius 2 is 1.73 bits per heavy atom. The predicted octanol–water partition coefficient (Wildman–Crippen LogP) is 4.42. The monoisotopic (exact) mass is 418 g/mol. The molecule has 5 rings (SSSR count). The van der Waals surface area contributed by atoms with Crippen LogP contribution < -0.4 is 10.6 Å². The molecule has 4 aliphatic rings. The van der Waals surface area contributed by atoms with Crippen LogP contribution in [0.3, 0.4) is 0 Å². The fourth-order valence-electron chi connectivity index (χ4n) is 5.82. The van der Waals surface area contributed by atoms with E-state index >= 15 is 0 Å². The summed E-state index contributed by atoms with van der Waals surface area (Å²) in [5, 5.41) is 6.01. The Kier molecular flexibility index (Phi) is 4.84. The third kappa shape index (κ3) is 3.42. The standard InChI is InChI=1S/C21H27BrN2O2/c1-13-17(22)3-2-4-18(13)24-19(25)5-6-23-20(26)21-10-14-7-15(11-21)9-16(8-14)12-21/h2-4,14-16H,5-12H2,1H3,(H,23,26)(H,24,25). The Bertz CT molecular complexity index is 695. The summed E-state index contributed by atoms with van der Waals surface area (Å²) in [7, 11) is 0. The van der Waals surface area contributed by atoms with E-state index in [1.54, 1.807) is 0 Å². The Morgan fingerprint density at radius 1 is 1.12 bits per heavy atom. The lowest BCUT2D eigenvalue weighted by Crippen LogP contribution is -2.53. The summed E-state index contributed by atoms with van der Waals surface area (Å²) in [6.45, 7) is 2.38. The number of anilines is 1. The first-order chi connectivity index (χ1) is 12.4. The lowest BCUT2D eigenvalue weighted by molar-refractivity contribution is -0.146. The van der Waals surface area contributed by atoms with Crippen molar-refractivity contribution in [2.24, 2.45) is 23.2 Å². The van der Waals surface area contributed by atoms with Crippen LogP contribution in [0, 0.1) is 30.1 Å². The lowest BCUT2D eigenvalue weighted by Gasteiger charge is -2.55. The Labute approximate surface area is 163 Å². The van der Waals surface area contributed by atoms with Crippen LogP contribution in [-0.2, 0) is 9.59 Å². The van der Waals surface area contributed by atoms with Crippen LogP contribution in [-0.4, -0.2) is 18.4 Å². The van der Waals surface area contributed by atoms with Crippen LogP contribution in [0.4, 0.5) is 5.69 Å². The Hall–Kier alpha value is -1.36. The second kappa shape index (κ2) is 6.99. The van der Waals surface area contributed by atoms with Gasteiger partial charge in [-0.05, 0) is 80.9 Å². The maximum Gasteiger partial charge on any atom is 0.226 e. The van der Waals surface area contributed by atoms with Crippen molar-refractivity contribution < 1.29 is 9.59 Å². The van der Waals surface area contributed by atoms with E-state index in [4.69, 9.17) is 0 Å². The molecule has 0 atom stereocenters. The molecular weight excluding hydrogens is 392 g/mol. The van der Waals surface area contributed by atoms with Crippen molar-refractivity contribution in [3.05, 3.63) is 28.2 Å². The van der Waals surface area contributed by atoms with Crippen LogP contribution in [0.5, 0.6) is 0 Å². The smallest absolute Gasteiger partial charge is 0.226 e. The van der Waals surface area contributed by atoms with Gasteiger partial charge >= 0.3 is 0 Å². The van der Waals surface area contributed by atoms with Crippen molar-refractivity contribution in [1.29, 1.82) is 0 Å². The molecule has 0 saturated heterocycles. The Morgan fingerprint density at radius 3 is 2.35 bits per heavy atom. The van der Waals surface area contributed by atoms with Gasteiger partial charge in [-0.1, -0.05) is 22.0 Å². The largest absolute Gasteiger partial charge is 0.355 e. The van der Waals surface area contributed by atoms with E-state index in [0.29, 0.717) is 13.0 Å². The van der Waals surface area contributed by atoms with Gasteiger partial charge in [0.25, 0.3) is 0 Å². The maximum atomic E-state index is 12.9. The molecule has 0 radical (unpaired) electrons. The molecule has 1 aromatic rings. The summed E-state index contributed by atoms with van der Waals surface area (Å²) in [4.78, 5) is 25.1. The first-order valence-corrected chi connectivity index (χ1v) is 10.6. The molecule has 5 heteroatoms. The van der Waals surface area contributed by atoms with Crippen LogP contribution >= 0.6 is 15.9 Å². The SMILES string of the molecule is Cc1c(Br)cccc1NC(=O)CCNC(=O)C12CC3CC(CC(C3)C1)C2. The van der Waals surface area contributed by atoms with Gasteiger partial charge in [0.2, 0.25) is 11.8 Å². The summed E-state index contributed by atoms with van der Waals surface area (Å²) in [6.07, 6.45) is 7.50. The van der Waals surface area contributed by atoms with Gasteiger partial charge in [-0.25, -0.2) is 0 Å². The van der Waals surface area contributed by atoms with Gasteiger partial charge in [0.1, 0.15) is 0 Å². The molecule has 2 amide bonds. The summed E-state index contributed by atoms with van der Waals surface area (Å²) in [6, 6.07) is 5.75. The van der Waals surface area contributed by atoms with Crippen LogP contribution in [0.15, 0.2) is 22.7 Å². The van der Waals surface area contributed by atoms with E-state index in [1.165, 1.54) is 19.3 Å². The lowest BCUT2D eigenvalue weighted by atomic mass is 9.49. The number of benzene rings is 1. The molecule has 4 nitrogen and oxygen atoms in total. The van der Waals surface area contributed by atoms with Gasteiger partial charge in [-0.2, -0.15) is 0 Å². The van der Waals surface area contributed by atoms with E-state index in [-0.39, 0.29) is 17.2 Å². The summed E-state index contributed by atoms with van der Waals surface area (Å²) in [5.74, 6) is 2.42. The molecule has 0 heterocycles. The van der Waals surface area contributed by atoms with Gasteiger partial charge in [0, 0.05) is 28.5 Å². The molecule has 0 unspecified atom stereocenters. The van der Waals surface area contributed by atoms with Crippen molar-refractivity contribution >= 4 is 33.4 Å². The third-order valence-electron chi connectivity index (χ3n) is 6.70. The van der Waals surface area contributed by atoms with Crippen LogP contribution in [0.2, 0.25) is 0 Å². The van der Waals surface area contributed by atoms with Crippen LogP contribution in [0.1, 0.15) is 50.5 Å². The third-order valence-corrected chi connectivity index (χ3v) is 7.56. The zero-order valence-electron chi connectivity index (χ0n) is 15.3. The topological polar surface area (TPSA) is 58.2 Å². The molecule has 4 saturated carbocycles. The van der Waals surface area contributed by atoms with E-state index in [0.717, 1.165) is 52.7 Å².